The van der Waals surface area contributed by atoms with Crippen molar-refractivity contribution in [3.8, 4) is 0 Å². The number of piperazine rings is 1. The van der Waals surface area contributed by atoms with Gasteiger partial charge in [0, 0.05) is 26.2 Å². The Balaban J connectivity index is 3.04. The average Bonchev–Trinajstić information content (AvgIpc) is 2.49. The molecule has 4 N–H and O–H groups in total. The van der Waals surface area contributed by atoms with Gasteiger partial charge in [0.1, 0.15) is 10.6 Å². The van der Waals surface area contributed by atoms with Crippen LogP contribution in [-0.4, -0.2) is 66.1 Å². The molecule has 0 aromatic carbocycles. The predicted octanol–water partition coefficient (Wildman–Crippen LogP) is 1.99. The maximum Gasteiger partial charge on any atom is 0.345 e. The van der Waals surface area contributed by atoms with Crippen LogP contribution in [0.1, 0.15) is 53.4 Å². The molecule has 0 saturated carbocycles. The molecule has 0 atom stereocenters. The molecule has 0 aromatic heterocycles. The number of rotatable bonds is 8. The maximum atomic E-state index is 12.1. The maximum absolute atomic E-state index is 12.1. The van der Waals surface area contributed by atoms with Gasteiger partial charge in [-0.15, -0.1) is 0 Å². The highest BCUT2D eigenvalue weighted by atomic mass is 31.2. The monoisotopic (exact) mass is 386 g/mol. The SMILES string of the molecule is CCC(CC)(N1CCN(C(CC)(CC)P(=O)(O)O)CC1)P(=O)(O)O. The van der Waals surface area contributed by atoms with Crippen LogP contribution in [0.15, 0.2) is 0 Å². The molecule has 1 rings (SSSR count). The molecule has 1 aliphatic heterocycles. The Labute approximate surface area is 144 Å². The van der Waals surface area contributed by atoms with Gasteiger partial charge in [0.2, 0.25) is 0 Å². The lowest BCUT2D eigenvalue weighted by Gasteiger charge is -2.51. The topological polar surface area (TPSA) is 122 Å². The molecule has 0 bridgehead atoms. The smallest absolute Gasteiger partial charge is 0.323 e. The third kappa shape index (κ3) is 3.67. The predicted molar refractivity (Wildman–Crippen MR) is 93.9 cm³/mol. The van der Waals surface area contributed by atoms with E-state index in [0.717, 1.165) is 0 Å². The fraction of sp³-hybridized carbons (Fsp3) is 1.00. The van der Waals surface area contributed by atoms with E-state index in [-0.39, 0.29) is 0 Å². The van der Waals surface area contributed by atoms with Crippen LogP contribution in [0, 0.1) is 0 Å². The molecule has 0 aliphatic carbocycles. The summed E-state index contributed by atoms with van der Waals surface area (Å²) in [4.78, 5) is 43.0. The first-order valence-electron chi connectivity index (χ1n) is 8.57. The minimum Gasteiger partial charge on any atom is -0.323 e. The lowest BCUT2D eigenvalue weighted by molar-refractivity contribution is 0.0164. The Morgan fingerprint density at radius 3 is 1.00 bits per heavy atom. The van der Waals surface area contributed by atoms with Gasteiger partial charge in [-0.05, 0) is 25.7 Å². The molecule has 24 heavy (non-hydrogen) atoms. The van der Waals surface area contributed by atoms with Crippen molar-refractivity contribution >= 4 is 15.2 Å². The Kier molecular flexibility index (Phi) is 7.28. The van der Waals surface area contributed by atoms with Crippen LogP contribution in [0.2, 0.25) is 0 Å². The summed E-state index contributed by atoms with van der Waals surface area (Å²) in [5.74, 6) is 0. The summed E-state index contributed by atoms with van der Waals surface area (Å²) in [5, 5.41) is -2.38. The van der Waals surface area contributed by atoms with Crippen molar-refractivity contribution in [1.82, 2.24) is 9.80 Å². The Hall–Kier alpha value is 0.220. The summed E-state index contributed by atoms with van der Waals surface area (Å²) in [7, 11) is -8.66. The third-order valence-electron chi connectivity index (χ3n) is 5.81. The third-order valence-corrected chi connectivity index (χ3v) is 9.81. The van der Waals surface area contributed by atoms with Crippen molar-refractivity contribution in [2.75, 3.05) is 26.2 Å². The van der Waals surface area contributed by atoms with E-state index in [1.807, 2.05) is 0 Å². The highest BCUT2D eigenvalue weighted by Crippen LogP contribution is 2.58. The zero-order chi connectivity index (χ0) is 18.8. The second kappa shape index (κ2) is 7.85. The van der Waals surface area contributed by atoms with Gasteiger partial charge in [-0.3, -0.25) is 18.9 Å². The lowest BCUT2D eigenvalue weighted by Crippen LogP contribution is -2.61. The summed E-state index contributed by atoms with van der Waals surface area (Å²) in [6.07, 6.45) is 1.33. The Morgan fingerprint density at radius 1 is 0.667 bits per heavy atom. The summed E-state index contributed by atoms with van der Waals surface area (Å²) in [5.41, 5.74) is 0. The molecule has 1 heterocycles. The van der Waals surface area contributed by atoms with E-state index in [1.54, 1.807) is 37.5 Å². The van der Waals surface area contributed by atoms with E-state index >= 15 is 0 Å². The molecule has 0 aromatic rings. The zero-order valence-corrected chi connectivity index (χ0v) is 16.8. The van der Waals surface area contributed by atoms with Crippen LogP contribution in [0.3, 0.4) is 0 Å². The molecule has 144 valence electrons. The highest BCUT2D eigenvalue weighted by molar-refractivity contribution is 7.53. The molecular weight excluding hydrogens is 354 g/mol. The first kappa shape index (κ1) is 22.3. The van der Waals surface area contributed by atoms with E-state index in [4.69, 9.17) is 0 Å². The molecule has 8 nitrogen and oxygen atoms in total. The molecule has 1 fully saturated rings. The van der Waals surface area contributed by atoms with E-state index in [9.17, 15) is 28.7 Å². The lowest BCUT2D eigenvalue weighted by atomic mass is 10.1. The van der Waals surface area contributed by atoms with Crippen LogP contribution >= 0.6 is 15.2 Å². The summed E-state index contributed by atoms with van der Waals surface area (Å²) < 4.78 is 24.2. The largest absolute Gasteiger partial charge is 0.345 e. The first-order valence-corrected chi connectivity index (χ1v) is 11.8. The van der Waals surface area contributed by atoms with Gasteiger partial charge in [-0.1, -0.05) is 27.7 Å². The molecule has 1 aliphatic rings. The second-order valence-electron chi connectivity index (χ2n) is 6.44. The fourth-order valence-electron chi connectivity index (χ4n) is 4.13. The molecular formula is C14H32N2O6P2. The van der Waals surface area contributed by atoms with Crippen molar-refractivity contribution < 1.29 is 28.7 Å². The second-order valence-corrected chi connectivity index (χ2v) is 10.3. The van der Waals surface area contributed by atoms with Crippen LogP contribution < -0.4 is 0 Å². The normalized spacial score (nSPS) is 19.7. The molecule has 1 saturated heterocycles. The minimum absolute atomic E-state index is 0.332. The highest BCUT2D eigenvalue weighted by Gasteiger charge is 2.53. The number of hydrogen-bond donors (Lipinski definition) is 4. The van der Waals surface area contributed by atoms with Crippen LogP contribution in [0.5, 0.6) is 0 Å². The number of nitrogens with zero attached hydrogens (tertiary/aromatic N) is 2. The van der Waals surface area contributed by atoms with Crippen LogP contribution in [0.25, 0.3) is 0 Å². The Bertz CT molecular complexity index is 455. The van der Waals surface area contributed by atoms with Crippen molar-refractivity contribution in [3.63, 3.8) is 0 Å². The fourth-order valence-corrected chi connectivity index (χ4v) is 6.91. The van der Waals surface area contributed by atoms with Crippen LogP contribution in [-0.2, 0) is 9.13 Å². The summed E-state index contributed by atoms with van der Waals surface area (Å²) in [6.45, 7) is 8.62. The van der Waals surface area contributed by atoms with E-state index in [2.05, 4.69) is 0 Å². The minimum atomic E-state index is -4.33. The van der Waals surface area contributed by atoms with Crippen molar-refractivity contribution in [1.29, 1.82) is 0 Å². The zero-order valence-electron chi connectivity index (χ0n) is 15.1. The van der Waals surface area contributed by atoms with Gasteiger partial charge >= 0.3 is 15.2 Å². The quantitative estimate of drug-likeness (QED) is 0.467. The van der Waals surface area contributed by atoms with Crippen molar-refractivity contribution in [2.45, 2.75) is 63.9 Å². The summed E-state index contributed by atoms with van der Waals surface area (Å²) >= 11 is 0. The molecule has 0 radical (unpaired) electrons. The van der Waals surface area contributed by atoms with Gasteiger partial charge in [0.05, 0.1) is 0 Å². The molecule has 0 unspecified atom stereocenters. The van der Waals surface area contributed by atoms with Crippen molar-refractivity contribution in [2.24, 2.45) is 0 Å². The van der Waals surface area contributed by atoms with Gasteiger partial charge in [0.15, 0.2) is 0 Å². The molecule has 10 heteroatoms. The number of hydrogen-bond acceptors (Lipinski definition) is 4. The van der Waals surface area contributed by atoms with Gasteiger partial charge in [0.25, 0.3) is 0 Å². The van der Waals surface area contributed by atoms with Gasteiger partial charge in [-0.25, -0.2) is 0 Å². The Morgan fingerprint density at radius 2 is 0.875 bits per heavy atom. The van der Waals surface area contributed by atoms with Crippen molar-refractivity contribution in [3.05, 3.63) is 0 Å². The van der Waals surface area contributed by atoms with Gasteiger partial charge in [-0.2, -0.15) is 0 Å². The summed E-state index contributed by atoms with van der Waals surface area (Å²) in [6, 6.07) is 0. The molecule has 0 spiro atoms. The van der Waals surface area contributed by atoms with E-state index in [1.165, 1.54) is 0 Å². The van der Waals surface area contributed by atoms with E-state index < -0.39 is 25.8 Å². The van der Waals surface area contributed by atoms with Gasteiger partial charge < -0.3 is 19.6 Å². The first-order chi connectivity index (χ1) is 11.0. The van der Waals surface area contributed by atoms with E-state index in [0.29, 0.717) is 51.9 Å². The molecule has 0 amide bonds. The average molecular weight is 386 g/mol. The van der Waals surface area contributed by atoms with Crippen LogP contribution in [0.4, 0.5) is 0 Å². The standard InChI is InChI=1S/C14H32N2O6P2/c1-5-13(6-2,23(17,18)19)15-9-11-16(12-10-15)14(7-3,8-4)24(20,21)22/h5-12H2,1-4H3,(H2,17,18,19)(H2,20,21,22).